The summed E-state index contributed by atoms with van der Waals surface area (Å²) in [6.07, 6.45) is 0. The maximum atomic E-state index is 12.9. The predicted octanol–water partition coefficient (Wildman–Crippen LogP) is 8.50. The van der Waals surface area contributed by atoms with Gasteiger partial charge in [0.2, 0.25) is 0 Å². The van der Waals surface area contributed by atoms with Crippen LogP contribution in [0.3, 0.4) is 0 Å². The minimum Gasteiger partial charge on any atom is -0.293 e. The predicted molar refractivity (Wildman–Crippen MR) is 192 cm³/mol. The van der Waals surface area contributed by atoms with Gasteiger partial charge >= 0.3 is 0 Å². The van der Waals surface area contributed by atoms with Gasteiger partial charge in [0.25, 0.3) is 0 Å². The van der Waals surface area contributed by atoms with Crippen molar-refractivity contribution in [1.82, 2.24) is 0 Å². The molecule has 0 unspecified atom stereocenters. The van der Waals surface area contributed by atoms with E-state index in [1.807, 2.05) is 0 Å². The fourth-order valence-electron chi connectivity index (χ4n) is 5.33. The average molecular weight is 720 g/mol. The molecule has 6 aromatic rings. The summed E-state index contributed by atoms with van der Waals surface area (Å²) < 4.78 is 0. The van der Waals surface area contributed by atoms with Gasteiger partial charge in [-0.1, -0.05) is 182 Å². The van der Waals surface area contributed by atoms with Gasteiger partial charge in [0.1, 0.15) is 11.8 Å². The zero-order chi connectivity index (χ0) is 35.3. The van der Waals surface area contributed by atoms with E-state index < -0.39 is 46.5 Å². The summed E-state index contributed by atoms with van der Waals surface area (Å²) in [4.78, 5) is 77.6. The molecule has 1 radical (unpaired) electrons. The van der Waals surface area contributed by atoms with Crippen molar-refractivity contribution < 1.29 is 45.8 Å². The van der Waals surface area contributed by atoms with Gasteiger partial charge in [-0.05, 0) is 0 Å². The third-order valence-corrected chi connectivity index (χ3v) is 7.92. The van der Waals surface area contributed by atoms with E-state index in [2.05, 4.69) is 0 Å². The van der Waals surface area contributed by atoms with Crippen LogP contribution in [0.5, 0.6) is 0 Å². The minimum atomic E-state index is -1.38. The number of benzene rings is 6. The summed E-state index contributed by atoms with van der Waals surface area (Å²) in [5, 5.41) is 0. The van der Waals surface area contributed by atoms with Crippen molar-refractivity contribution in [3.63, 3.8) is 0 Å². The molecule has 0 aliphatic rings. The second-order valence-corrected chi connectivity index (χ2v) is 11.2. The van der Waals surface area contributed by atoms with Gasteiger partial charge in [0.05, 0.1) is 0 Å². The van der Waals surface area contributed by atoms with Crippen LogP contribution in [0.15, 0.2) is 182 Å². The molecule has 7 heteroatoms. The number of Topliss-reactive ketones (excluding diaryl/α,β-unsaturated/α-hetero) is 6. The van der Waals surface area contributed by atoms with Crippen molar-refractivity contribution in [3.8, 4) is 0 Å². The fourth-order valence-corrected chi connectivity index (χ4v) is 5.33. The van der Waals surface area contributed by atoms with E-state index in [9.17, 15) is 28.8 Å². The summed E-state index contributed by atoms with van der Waals surface area (Å²) in [5.41, 5.74) is 2.09. The van der Waals surface area contributed by atoms with Crippen molar-refractivity contribution >= 4 is 34.7 Å². The third-order valence-electron chi connectivity index (χ3n) is 7.92. The standard InChI is InChI=1S/2C22H16O3.Cu/c2*23-20(16-10-4-1-5-11-16)19(21(24)17-12-6-2-7-13-17)22(25)18-14-8-3-9-15-18;/h2*1-15,19H;. The molecule has 0 aromatic heterocycles. The van der Waals surface area contributed by atoms with Crippen LogP contribution in [0.25, 0.3) is 0 Å². The van der Waals surface area contributed by atoms with Gasteiger partial charge in [-0.3, -0.25) is 28.8 Å². The monoisotopic (exact) mass is 719 g/mol. The van der Waals surface area contributed by atoms with Crippen LogP contribution in [-0.2, 0) is 17.1 Å². The Kier molecular flexibility index (Phi) is 13.7. The van der Waals surface area contributed by atoms with Crippen LogP contribution < -0.4 is 0 Å². The normalized spacial score (nSPS) is 10.2. The molecule has 0 N–H and O–H groups in total. The molecule has 6 rings (SSSR count). The summed E-state index contributed by atoms with van der Waals surface area (Å²) in [6.45, 7) is 0. The molecule has 0 saturated carbocycles. The SMILES string of the molecule is O=C(c1ccccc1)C(C(=O)c1ccccc1)C(=O)c1ccccc1.O=C(c1ccccc1)C(C(=O)c1ccccc1)C(=O)c1ccccc1.[Cu]. The molecular formula is C44H32CuO6. The molecule has 6 nitrogen and oxygen atoms in total. The Morgan fingerprint density at radius 3 is 0.471 bits per heavy atom. The second kappa shape index (κ2) is 18.6. The zero-order valence-corrected chi connectivity index (χ0v) is 28.2. The molecule has 51 heavy (non-hydrogen) atoms. The Balaban J connectivity index is 0.000000224. The third kappa shape index (κ3) is 9.52. The Bertz CT molecular complexity index is 1690. The van der Waals surface area contributed by atoms with Crippen LogP contribution in [-0.4, -0.2) is 34.7 Å². The molecule has 0 amide bonds. The first-order chi connectivity index (χ1) is 24.4. The first kappa shape index (κ1) is 37.7. The molecule has 0 saturated heterocycles. The Morgan fingerprint density at radius 2 is 0.353 bits per heavy atom. The van der Waals surface area contributed by atoms with E-state index in [1.54, 1.807) is 182 Å². The average Bonchev–Trinajstić information content (AvgIpc) is 3.20. The van der Waals surface area contributed by atoms with E-state index in [-0.39, 0.29) is 17.1 Å². The molecule has 255 valence electrons. The first-order valence-electron chi connectivity index (χ1n) is 15.9. The van der Waals surface area contributed by atoms with E-state index in [0.29, 0.717) is 33.4 Å². The van der Waals surface area contributed by atoms with Crippen molar-refractivity contribution in [2.24, 2.45) is 11.8 Å². The minimum absolute atomic E-state index is 0. The van der Waals surface area contributed by atoms with Crippen molar-refractivity contribution in [3.05, 3.63) is 215 Å². The molecule has 6 aromatic carbocycles. The van der Waals surface area contributed by atoms with Crippen molar-refractivity contribution in [1.29, 1.82) is 0 Å². The Labute approximate surface area is 306 Å². The largest absolute Gasteiger partial charge is 0.293 e. The zero-order valence-electron chi connectivity index (χ0n) is 27.2. The summed E-state index contributed by atoms with van der Waals surface area (Å²) in [6, 6.07) is 50.6. The first-order valence-corrected chi connectivity index (χ1v) is 15.9. The summed E-state index contributed by atoms with van der Waals surface area (Å²) in [5.74, 6) is -5.66. The van der Waals surface area contributed by atoms with Gasteiger partial charge in [-0.15, -0.1) is 0 Å². The number of hydrogen-bond donors (Lipinski definition) is 0. The van der Waals surface area contributed by atoms with Crippen LogP contribution in [0, 0.1) is 11.8 Å². The van der Waals surface area contributed by atoms with E-state index in [0.717, 1.165) is 0 Å². The quantitative estimate of drug-likeness (QED) is 0.0714. The topological polar surface area (TPSA) is 102 Å². The molecule has 0 bridgehead atoms. The molecule has 0 spiro atoms. The number of hydrogen-bond acceptors (Lipinski definition) is 6. The van der Waals surface area contributed by atoms with E-state index in [1.165, 1.54) is 0 Å². The Morgan fingerprint density at radius 1 is 0.235 bits per heavy atom. The van der Waals surface area contributed by atoms with E-state index in [4.69, 9.17) is 0 Å². The summed E-state index contributed by atoms with van der Waals surface area (Å²) in [7, 11) is 0. The number of ketones is 6. The Hall–Kier alpha value is -6.14. The van der Waals surface area contributed by atoms with Crippen LogP contribution in [0.1, 0.15) is 62.1 Å². The van der Waals surface area contributed by atoms with Gasteiger partial charge in [0, 0.05) is 50.4 Å². The van der Waals surface area contributed by atoms with Crippen molar-refractivity contribution in [2.45, 2.75) is 0 Å². The van der Waals surface area contributed by atoms with Gasteiger partial charge in [-0.2, -0.15) is 0 Å². The van der Waals surface area contributed by atoms with Gasteiger partial charge in [-0.25, -0.2) is 0 Å². The van der Waals surface area contributed by atoms with Crippen LogP contribution in [0.4, 0.5) is 0 Å². The molecule has 0 heterocycles. The van der Waals surface area contributed by atoms with Gasteiger partial charge < -0.3 is 0 Å². The second-order valence-electron chi connectivity index (χ2n) is 11.2. The van der Waals surface area contributed by atoms with Crippen LogP contribution >= 0.6 is 0 Å². The number of carbonyl (C=O) groups excluding carboxylic acids is 6. The number of carbonyl (C=O) groups is 6. The fraction of sp³-hybridized carbons (Fsp3) is 0.0455. The summed E-state index contributed by atoms with van der Waals surface area (Å²) >= 11 is 0. The number of rotatable bonds is 12. The maximum Gasteiger partial charge on any atom is 0.181 e. The molecular weight excluding hydrogens is 688 g/mol. The molecule has 0 atom stereocenters. The molecule has 0 aliphatic heterocycles. The van der Waals surface area contributed by atoms with Crippen molar-refractivity contribution in [2.75, 3.05) is 0 Å². The smallest absolute Gasteiger partial charge is 0.181 e. The van der Waals surface area contributed by atoms with E-state index >= 15 is 0 Å². The maximum absolute atomic E-state index is 12.9. The van der Waals surface area contributed by atoms with Gasteiger partial charge in [0.15, 0.2) is 34.7 Å². The van der Waals surface area contributed by atoms with Crippen LogP contribution in [0.2, 0.25) is 0 Å². The molecule has 0 aliphatic carbocycles. The molecule has 0 fully saturated rings.